The average Bonchev–Trinajstić information content (AvgIpc) is 2.43. The standard InChI is InChI=1S/C16H23N3O2/c1-12(20)19-14-7-6-13(10-15(14)21-4)18-11-16(2,3)8-5-9-17/h6-7,10,18H,5,8,11H2,1-4H3,(H,19,20). The second-order valence-corrected chi connectivity index (χ2v) is 5.77. The lowest BCUT2D eigenvalue weighted by Crippen LogP contribution is -2.22. The first-order valence-corrected chi connectivity index (χ1v) is 6.94. The monoisotopic (exact) mass is 289 g/mol. The van der Waals surface area contributed by atoms with Crippen molar-refractivity contribution < 1.29 is 9.53 Å². The molecular formula is C16H23N3O2. The highest BCUT2D eigenvalue weighted by Gasteiger charge is 2.17. The maximum atomic E-state index is 11.1. The predicted molar refractivity (Wildman–Crippen MR) is 84.4 cm³/mol. The maximum Gasteiger partial charge on any atom is 0.221 e. The van der Waals surface area contributed by atoms with E-state index in [0.29, 0.717) is 17.9 Å². The molecule has 21 heavy (non-hydrogen) atoms. The molecule has 0 aliphatic rings. The van der Waals surface area contributed by atoms with Gasteiger partial charge in [-0.05, 0) is 24.0 Å². The second-order valence-electron chi connectivity index (χ2n) is 5.77. The third-order valence-corrected chi connectivity index (χ3v) is 3.20. The molecule has 0 atom stereocenters. The SMILES string of the molecule is COc1cc(NCC(C)(C)CCC#N)ccc1NC(C)=O. The molecule has 0 bridgehead atoms. The number of nitrogens with one attached hydrogen (secondary N) is 2. The van der Waals surface area contributed by atoms with Gasteiger partial charge in [0.15, 0.2) is 0 Å². The molecule has 2 N–H and O–H groups in total. The van der Waals surface area contributed by atoms with Gasteiger partial charge < -0.3 is 15.4 Å². The topological polar surface area (TPSA) is 74.2 Å². The summed E-state index contributed by atoms with van der Waals surface area (Å²) in [6, 6.07) is 7.74. The molecule has 0 spiro atoms. The fourth-order valence-corrected chi connectivity index (χ4v) is 1.92. The summed E-state index contributed by atoms with van der Waals surface area (Å²) >= 11 is 0. The molecule has 1 amide bonds. The number of rotatable bonds is 7. The lowest BCUT2D eigenvalue weighted by Gasteiger charge is -2.24. The van der Waals surface area contributed by atoms with Crippen molar-refractivity contribution >= 4 is 17.3 Å². The molecule has 0 fully saturated rings. The summed E-state index contributed by atoms with van der Waals surface area (Å²) in [6.45, 7) is 6.47. The number of hydrogen-bond donors (Lipinski definition) is 2. The lowest BCUT2D eigenvalue weighted by atomic mass is 9.88. The zero-order chi connectivity index (χ0) is 15.9. The second kappa shape index (κ2) is 7.53. The summed E-state index contributed by atoms with van der Waals surface area (Å²) in [5.74, 6) is 0.483. The van der Waals surface area contributed by atoms with Crippen LogP contribution in [-0.4, -0.2) is 19.6 Å². The van der Waals surface area contributed by atoms with E-state index in [9.17, 15) is 4.79 Å². The quantitative estimate of drug-likeness (QED) is 0.806. The first-order valence-electron chi connectivity index (χ1n) is 6.94. The molecule has 0 aliphatic carbocycles. The van der Waals surface area contributed by atoms with Gasteiger partial charge in [0.1, 0.15) is 5.75 Å². The van der Waals surface area contributed by atoms with E-state index in [1.165, 1.54) is 6.92 Å². The van der Waals surface area contributed by atoms with E-state index in [2.05, 4.69) is 30.6 Å². The van der Waals surface area contributed by atoms with Crippen LogP contribution in [0.3, 0.4) is 0 Å². The van der Waals surface area contributed by atoms with Gasteiger partial charge in [0.25, 0.3) is 0 Å². The van der Waals surface area contributed by atoms with Crippen LogP contribution in [0.4, 0.5) is 11.4 Å². The third kappa shape index (κ3) is 5.74. The zero-order valence-corrected chi connectivity index (χ0v) is 13.1. The number of carbonyl (C=O) groups is 1. The average molecular weight is 289 g/mol. The van der Waals surface area contributed by atoms with Crippen LogP contribution in [0, 0.1) is 16.7 Å². The summed E-state index contributed by atoms with van der Waals surface area (Å²) < 4.78 is 5.29. The normalized spacial score (nSPS) is 10.6. The van der Waals surface area contributed by atoms with Crippen LogP contribution in [0.1, 0.15) is 33.6 Å². The Kier molecular flexibility index (Phi) is 6.04. The Morgan fingerprint density at radius 1 is 1.43 bits per heavy atom. The van der Waals surface area contributed by atoms with E-state index >= 15 is 0 Å². The van der Waals surface area contributed by atoms with Gasteiger partial charge in [-0.3, -0.25) is 4.79 Å². The van der Waals surface area contributed by atoms with Gasteiger partial charge in [-0.2, -0.15) is 5.26 Å². The van der Waals surface area contributed by atoms with Gasteiger partial charge in [-0.15, -0.1) is 0 Å². The number of carbonyl (C=O) groups excluding carboxylic acids is 1. The number of hydrogen-bond acceptors (Lipinski definition) is 4. The van der Waals surface area contributed by atoms with Crippen LogP contribution in [0.2, 0.25) is 0 Å². The van der Waals surface area contributed by atoms with E-state index in [-0.39, 0.29) is 11.3 Å². The van der Waals surface area contributed by atoms with Gasteiger partial charge in [0.05, 0.1) is 18.9 Å². The molecule has 0 aromatic heterocycles. The first-order chi connectivity index (χ1) is 9.88. The van der Waals surface area contributed by atoms with Crippen molar-refractivity contribution in [2.75, 3.05) is 24.3 Å². The van der Waals surface area contributed by atoms with Crippen molar-refractivity contribution in [1.82, 2.24) is 0 Å². The Morgan fingerprint density at radius 3 is 2.71 bits per heavy atom. The van der Waals surface area contributed by atoms with Gasteiger partial charge in [-0.25, -0.2) is 0 Å². The van der Waals surface area contributed by atoms with Crippen molar-refractivity contribution in [3.63, 3.8) is 0 Å². The maximum absolute atomic E-state index is 11.1. The van der Waals surface area contributed by atoms with Crippen molar-refractivity contribution in [2.24, 2.45) is 5.41 Å². The van der Waals surface area contributed by atoms with Crippen molar-refractivity contribution in [3.05, 3.63) is 18.2 Å². The molecule has 5 nitrogen and oxygen atoms in total. The minimum Gasteiger partial charge on any atom is -0.494 e. The van der Waals surface area contributed by atoms with Gasteiger partial charge in [0.2, 0.25) is 5.91 Å². The largest absolute Gasteiger partial charge is 0.494 e. The van der Waals surface area contributed by atoms with Crippen LogP contribution in [0.25, 0.3) is 0 Å². The third-order valence-electron chi connectivity index (χ3n) is 3.20. The Hall–Kier alpha value is -2.22. The van der Waals surface area contributed by atoms with E-state index in [1.807, 2.05) is 18.2 Å². The summed E-state index contributed by atoms with van der Waals surface area (Å²) in [7, 11) is 1.57. The van der Waals surface area contributed by atoms with Crippen LogP contribution in [0.15, 0.2) is 18.2 Å². The Bertz CT molecular complexity index is 533. The van der Waals surface area contributed by atoms with Crippen LogP contribution in [0.5, 0.6) is 5.75 Å². The molecule has 0 unspecified atom stereocenters. The van der Waals surface area contributed by atoms with E-state index in [4.69, 9.17) is 10.00 Å². The van der Waals surface area contributed by atoms with Gasteiger partial charge in [0, 0.05) is 31.6 Å². The van der Waals surface area contributed by atoms with Gasteiger partial charge in [-0.1, -0.05) is 13.8 Å². The number of nitriles is 1. The fourth-order valence-electron chi connectivity index (χ4n) is 1.92. The number of methoxy groups -OCH3 is 1. The molecule has 1 rings (SSSR count). The van der Waals surface area contributed by atoms with Crippen molar-refractivity contribution in [3.8, 4) is 11.8 Å². The lowest BCUT2D eigenvalue weighted by molar-refractivity contribution is -0.114. The fraction of sp³-hybridized carbons (Fsp3) is 0.500. The molecule has 1 aromatic rings. The van der Waals surface area contributed by atoms with Crippen LogP contribution < -0.4 is 15.4 Å². The molecule has 0 radical (unpaired) electrons. The number of anilines is 2. The molecule has 0 saturated carbocycles. The highest BCUT2D eigenvalue weighted by Crippen LogP contribution is 2.29. The molecule has 114 valence electrons. The van der Waals surface area contributed by atoms with Gasteiger partial charge >= 0.3 is 0 Å². The van der Waals surface area contributed by atoms with Crippen molar-refractivity contribution in [1.29, 1.82) is 5.26 Å². The summed E-state index contributed by atoms with van der Waals surface area (Å²) in [5.41, 5.74) is 1.62. The molecular weight excluding hydrogens is 266 g/mol. The molecule has 5 heteroatoms. The smallest absolute Gasteiger partial charge is 0.221 e. The Morgan fingerprint density at radius 2 is 2.14 bits per heavy atom. The summed E-state index contributed by atoms with van der Waals surface area (Å²) in [5, 5.41) is 14.7. The Labute approximate surface area is 126 Å². The van der Waals surface area contributed by atoms with E-state index in [0.717, 1.165) is 18.7 Å². The number of amides is 1. The highest BCUT2D eigenvalue weighted by molar-refractivity contribution is 5.90. The van der Waals surface area contributed by atoms with Crippen LogP contribution in [-0.2, 0) is 4.79 Å². The molecule has 0 heterocycles. The Balaban J connectivity index is 2.72. The number of ether oxygens (including phenoxy) is 1. The number of nitrogens with zero attached hydrogens (tertiary/aromatic N) is 1. The molecule has 0 aliphatic heterocycles. The van der Waals surface area contributed by atoms with E-state index < -0.39 is 0 Å². The van der Waals surface area contributed by atoms with Crippen LogP contribution >= 0.6 is 0 Å². The van der Waals surface area contributed by atoms with E-state index in [1.54, 1.807) is 7.11 Å². The number of benzene rings is 1. The summed E-state index contributed by atoms with van der Waals surface area (Å²) in [4.78, 5) is 11.1. The minimum atomic E-state index is -0.133. The summed E-state index contributed by atoms with van der Waals surface area (Å²) in [6.07, 6.45) is 1.40. The molecule has 1 aromatic carbocycles. The first kappa shape index (κ1) is 16.8. The van der Waals surface area contributed by atoms with Crippen molar-refractivity contribution in [2.45, 2.75) is 33.6 Å². The predicted octanol–water partition coefficient (Wildman–Crippen LogP) is 3.40. The molecule has 0 saturated heterocycles. The highest BCUT2D eigenvalue weighted by atomic mass is 16.5. The zero-order valence-electron chi connectivity index (χ0n) is 13.1. The minimum absolute atomic E-state index is 0.0409.